The second kappa shape index (κ2) is 8.31. The molecule has 0 bridgehead atoms. The lowest BCUT2D eigenvalue weighted by molar-refractivity contribution is 0.0435. The van der Waals surface area contributed by atoms with Gasteiger partial charge in [-0.3, -0.25) is 4.31 Å². The zero-order chi connectivity index (χ0) is 23.0. The number of furan rings is 1. The lowest BCUT2D eigenvalue weighted by Gasteiger charge is -2.21. The maximum Gasteiger partial charge on any atom is 0.374 e. The molecular weight excluding hydrogens is 434 g/mol. The van der Waals surface area contributed by atoms with E-state index in [0.29, 0.717) is 34.2 Å². The molecule has 8 nitrogen and oxygen atoms in total. The molecule has 0 spiro atoms. The van der Waals surface area contributed by atoms with Crippen LogP contribution >= 0.6 is 0 Å². The molecule has 1 unspecified atom stereocenters. The number of esters is 2. The van der Waals surface area contributed by atoms with Gasteiger partial charge >= 0.3 is 11.9 Å². The van der Waals surface area contributed by atoms with Crippen LogP contribution in [0.15, 0.2) is 46.9 Å². The van der Waals surface area contributed by atoms with E-state index >= 15 is 0 Å². The average molecular weight is 458 g/mol. The van der Waals surface area contributed by atoms with E-state index in [2.05, 4.69) is 0 Å². The summed E-state index contributed by atoms with van der Waals surface area (Å²) < 4.78 is 41.7. The van der Waals surface area contributed by atoms with E-state index in [-0.39, 0.29) is 25.0 Å². The van der Waals surface area contributed by atoms with Crippen molar-refractivity contribution >= 4 is 38.6 Å². The van der Waals surface area contributed by atoms with Gasteiger partial charge in [-0.05, 0) is 50.1 Å². The van der Waals surface area contributed by atoms with Gasteiger partial charge in [0.05, 0.1) is 29.7 Å². The van der Waals surface area contributed by atoms with E-state index in [1.165, 1.54) is 10.4 Å². The van der Waals surface area contributed by atoms with Gasteiger partial charge < -0.3 is 13.9 Å². The van der Waals surface area contributed by atoms with Crippen molar-refractivity contribution in [3.05, 3.63) is 64.9 Å². The van der Waals surface area contributed by atoms with Crippen molar-refractivity contribution < 1.29 is 31.9 Å². The fraction of sp³-hybridized carbons (Fsp3) is 0.304. The van der Waals surface area contributed by atoms with Gasteiger partial charge in [0.1, 0.15) is 12.2 Å². The Kier molecular flexibility index (Phi) is 5.68. The lowest BCUT2D eigenvalue weighted by atomic mass is 10.1. The fourth-order valence-corrected chi connectivity index (χ4v) is 5.32. The molecule has 1 atom stereocenters. The van der Waals surface area contributed by atoms with Gasteiger partial charge in [-0.25, -0.2) is 18.0 Å². The van der Waals surface area contributed by atoms with Gasteiger partial charge in [-0.2, -0.15) is 0 Å². The number of hydrogen-bond donors (Lipinski definition) is 0. The molecule has 0 amide bonds. The van der Waals surface area contributed by atoms with E-state index in [1.807, 2.05) is 6.92 Å². The summed E-state index contributed by atoms with van der Waals surface area (Å²) in [6.45, 7) is 3.53. The summed E-state index contributed by atoms with van der Waals surface area (Å²) >= 11 is 0. The highest BCUT2D eigenvalue weighted by Gasteiger charge is 2.33. The topological polar surface area (TPSA) is 103 Å². The fourth-order valence-electron chi connectivity index (χ4n) is 4.06. The number of nitrogens with zero attached hydrogens (tertiary/aromatic N) is 1. The third-order valence-corrected chi connectivity index (χ3v) is 6.60. The number of anilines is 1. The smallest absolute Gasteiger partial charge is 0.374 e. The Morgan fingerprint density at radius 2 is 1.88 bits per heavy atom. The summed E-state index contributed by atoms with van der Waals surface area (Å²) in [5.41, 5.74) is 2.57. The summed E-state index contributed by atoms with van der Waals surface area (Å²) in [7, 11) is -3.41. The summed E-state index contributed by atoms with van der Waals surface area (Å²) in [6.07, 6.45) is 1.67. The van der Waals surface area contributed by atoms with Crippen LogP contribution in [0.25, 0.3) is 11.0 Å². The molecule has 168 valence electrons. The summed E-state index contributed by atoms with van der Waals surface area (Å²) in [5.74, 6) is -1.20. The number of sulfonamides is 1. The first kappa shape index (κ1) is 21.9. The molecule has 0 fully saturated rings. The van der Waals surface area contributed by atoms with Crippen molar-refractivity contribution in [2.24, 2.45) is 0 Å². The van der Waals surface area contributed by atoms with Crippen molar-refractivity contribution in [2.75, 3.05) is 17.2 Å². The summed E-state index contributed by atoms with van der Waals surface area (Å²) in [5, 5.41) is 0.662. The molecule has 4 rings (SSSR count). The monoisotopic (exact) mass is 457 g/mol. The SMILES string of the molecule is CCOC(=O)c1oc2ccccc2c1COC(=O)c1ccc2c(c1)CC(C)N2S(C)(=O)=O. The minimum atomic E-state index is -3.41. The van der Waals surface area contributed by atoms with E-state index in [9.17, 15) is 18.0 Å². The Labute approximate surface area is 185 Å². The van der Waals surface area contributed by atoms with Crippen LogP contribution in [0.5, 0.6) is 0 Å². The standard InChI is InChI=1S/C23H23NO7S/c1-4-29-23(26)21-18(17-7-5-6-8-20(17)31-21)13-30-22(25)15-9-10-19-16(12-15)11-14(2)24(19)32(3,27)28/h5-10,12,14H,4,11,13H2,1-3H3. The molecule has 9 heteroatoms. The van der Waals surface area contributed by atoms with Crippen LogP contribution in [0.4, 0.5) is 5.69 Å². The normalized spacial score (nSPS) is 15.6. The minimum absolute atomic E-state index is 0.00687. The van der Waals surface area contributed by atoms with Crippen LogP contribution in [-0.4, -0.2) is 39.3 Å². The molecule has 1 aliphatic rings. The molecule has 3 aromatic rings. The first-order chi connectivity index (χ1) is 15.2. The van der Waals surface area contributed by atoms with Crippen LogP contribution in [0.1, 0.15) is 45.9 Å². The Morgan fingerprint density at radius 1 is 1.12 bits per heavy atom. The molecule has 32 heavy (non-hydrogen) atoms. The zero-order valence-electron chi connectivity index (χ0n) is 18.0. The van der Waals surface area contributed by atoms with Gasteiger partial charge in [0.15, 0.2) is 0 Å². The van der Waals surface area contributed by atoms with Gasteiger partial charge in [0.2, 0.25) is 15.8 Å². The first-order valence-electron chi connectivity index (χ1n) is 10.2. The van der Waals surface area contributed by atoms with E-state index < -0.39 is 22.0 Å². The number of benzene rings is 2. The maximum atomic E-state index is 12.7. The number of ether oxygens (including phenoxy) is 2. The van der Waals surface area contributed by atoms with Gasteiger partial charge in [0, 0.05) is 11.4 Å². The molecule has 0 N–H and O–H groups in total. The molecule has 0 aliphatic carbocycles. The maximum absolute atomic E-state index is 12.7. The summed E-state index contributed by atoms with van der Waals surface area (Å²) in [4.78, 5) is 25.1. The highest BCUT2D eigenvalue weighted by Crippen LogP contribution is 2.35. The van der Waals surface area contributed by atoms with Crippen LogP contribution in [0, 0.1) is 0 Å². The van der Waals surface area contributed by atoms with Crippen LogP contribution in [0.2, 0.25) is 0 Å². The number of hydrogen-bond acceptors (Lipinski definition) is 7. The molecule has 2 aromatic carbocycles. The molecule has 0 radical (unpaired) electrons. The number of carbonyl (C=O) groups is 2. The van der Waals surface area contributed by atoms with E-state index in [1.54, 1.807) is 43.3 Å². The zero-order valence-corrected chi connectivity index (χ0v) is 18.8. The summed E-state index contributed by atoms with van der Waals surface area (Å²) in [6, 6.07) is 11.7. The quantitative estimate of drug-likeness (QED) is 0.520. The van der Waals surface area contributed by atoms with Gasteiger partial charge in [-0.15, -0.1) is 0 Å². The van der Waals surface area contributed by atoms with Crippen molar-refractivity contribution in [3.63, 3.8) is 0 Å². The lowest BCUT2D eigenvalue weighted by Crippen LogP contribution is -2.34. The van der Waals surface area contributed by atoms with Crippen molar-refractivity contribution in [2.45, 2.75) is 32.9 Å². The number of carbonyl (C=O) groups excluding carboxylic acids is 2. The van der Waals surface area contributed by atoms with Crippen molar-refractivity contribution in [1.29, 1.82) is 0 Å². The molecule has 0 saturated carbocycles. The van der Waals surface area contributed by atoms with Crippen LogP contribution in [-0.2, 0) is 32.5 Å². The van der Waals surface area contributed by atoms with E-state index in [4.69, 9.17) is 13.9 Å². The first-order valence-corrected chi connectivity index (χ1v) is 12.0. The number of para-hydroxylation sites is 1. The largest absolute Gasteiger partial charge is 0.460 e. The molecule has 0 saturated heterocycles. The predicted molar refractivity (Wildman–Crippen MR) is 118 cm³/mol. The highest BCUT2D eigenvalue weighted by molar-refractivity contribution is 7.92. The number of fused-ring (bicyclic) bond motifs is 2. The van der Waals surface area contributed by atoms with Gasteiger partial charge in [-0.1, -0.05) is 18.2 Å². The second-order valence-electron chi connectivity index (χ2n) is 7.66. The van der Waals surface area contributed by atoms with Crippen LogP contribution < -0.4 is 4.31 Å². The molecule has 1 aromatic heterocycles. The number of rotatable bonds is 6. The van der Waals surface area contributed by atoms with Gasteiger partial charge in [0.25, 0.3) is 0 Å². The molecular formula is C23H23NO7S. The second-order valence-corrected chi connectivity index (χ2v) is 9.52. The predicted octanol–water partition coefficient (Wildman–Crippen LogP) is 3.68. The Balaban J connectivity index is 1.58. The Hall–Kier alpha value is -3.33. The molecule has 2 heterocycles. The van der Waals surface area contributed by atoms with E-state index in [0.717, 1.165) is 11.8 Å². The van der Waals surface area contributed by atoms with Crippen LogP contribution in [0.3, 0.4) is 0 Å². The van der Waals surface area contributed by atoms with Crippen molar-refractivity contribution in [1.82, 2.24) is 0 Å². The highest BCUT2D eigenvalue weighted by atomic mass is 32.2. The minimum Gasteiger partial charge on any atom is -0.460 e. The third kappa shape index (κ3) is 3.95. The Bertz CT molecular complexity index is 1310. The third-order valence-electron chi connectivity index (χ3n) is 5.33. The molecule has 1 aliphatic heterocycles. The average Bonchev–Trinajstić information content (AvgIpc) is 3.28. The van der Waals surface area contributed by atoms with Crippen molar-refractivity contribution in [3.8, 4) is 0 Å². The Morgan fingerprint density at radius 3 is 2.59 bits per heavy atom.